The van der Waals surface area contributed by atoms with E-state index in [1.807, 2.05) is 20.8 Å². The van der Waals surface area contributed by atoms with Crippen LogP contribution in [0.1, 0.15) is 34.1 Å². The number of anilines is 1. The number of hydrogen-bond donors (Lipinski definition) is 1. The summed E-state index contributed by atoms with van der Waals surface area (Å²) in [5, 5.41) is 0.664. The van der Waals surface area contributed by atoms with Crippen LogP contribution in [0.3, 0.4) is 0 Å². The number of nitrogen functional groups attached to an aromatic ring is 1. The minimum atomic E-state index is 0.148. The van der Waals surface area contributed by atoms with E-state index in [1.54, 1.807) is 0 Å². The van der Waals surface area contributed by atoms with Gasteiger partial charge in [-0.3, -0.25) is 4.79 Å². The van der Waals surface area contributed by atoms with Crippen molar-refractivity contribution in [2.45, 2.75) is 27.2 Å². The summed E-state index contributed by atoms with van der Waals surface area (Å²) in [6.45, 7) is 5.79. The van der Waals surface area contributed by atoms with Gasteiger partial charge in [0, 0.05) is 11.3 Å². The topological polar surface area (TPSA) is 43.1 Å². The molecule has 2 N–H and O–H groups in total. The Hall–Kier alpha value is -0.830. The second-order valence-electron chi connectivity index (χ2n) is 2.80. The molecular weight excluding hydrogens is 170 g/mol. The summed E-state index contributed by atoms with van der Waals surface area (Å²) >= 11 is 1.50. The third kappa shape index (κ3) is 1.37. The van der Waals surface area contributed by atoms with Gasteiger partial charge in [0.1, 0.15) is 0 Å². The fourth-order valence-electron chi connectivity index (χ4n) is 1.18. The van der Waals surface area contributed by atoms with Crippen LogP contribution in [-0.2, 0) is 0 Å². The number of carbonyl (C=O) groups excluding carboxylic acids is 1. The zero-order valence-electron chi connectivity index (χ0n) is 7.60. The van der Waals surface area contributed by atoms with Crippen LogP contribution in [0.4, 0.5) is 5.00 Å². The van der Waals surface area contributed by atoms with E-state index in [2.05, 4.69) is 0 Å². The fourth-order valence-corrected chi connectivity index (χ4v) is 2.13. The molecule has 1 heterocycles. The van der Waals surface area contributed by atoms with Crippen molar-refractivity contribution < 1.29 is 4.79 Å². The highest BCUT2D eigenvalue weighted by molar-refractivity contribution is 7.16. The zero-order chi connectivity index (χ0) is 9.30. The quantitative estimate of drug-likeness (QED) is 0.716. The lowest BCUT2D eigenvalue weighted by atomic mass is 10.1. The molecule has 0 aromatic carbocycles. The van der Waals surface area contributed by atoms with Gasteiger partial charge >= 0.3 is 0 Å². The Labute approximate surface area is 76.4 Å². The van der Waals surface area contributed by atoms with Crippen LogP contribution in [0.25, 0.3) is 0 Å². The van der Waals surface area contributed by atoms with Crippen molar-refractivity contribution in [1.82, 2.24) is 0 Å². The molecule has 1 aromatic rings. The molecule has 0 saturated heterocycles. The molecule has 0 radical (unpaired) electrons. The van der Waals surface area contributed by atoms with Crippen molar-refractivity contribution in [2.75, 3.05) is 5.73 Å². The summed E-state index contributed by atoms with van der Waals surface area (Å²) in [7, 11) is 0. The molecule has 3 heteroatoms. The predicted molar refractivity (Wildman–Crippen MR) is 52.8 cm³/mol. The number of thiophene rings is 1. The van der Waals surface area contributed by atoms with Crippen molar-refractivity contribution in [3.05, 3.63) is 16.0 Å². The third-order valence-electron chi connectivity index (χ3n) is 2.01. The number of ketones is 1. The predicted octanol–water partition coefficient (Wildman–Crippen LogP) is 2.54. The monoisotopic (exact) mass is 183 g/mol. The van der Waals surface area contributed by atoms with Crippen LogP contribution < -0.4 is 5.73 Å². The molecule has 0 aliphatic heterocycles. The van der Waals surface area contributed by atoms with Crippen molar-refractivity contribution in [3.8, 4) is 0 Å². The Bertz CT molecular complexity index is 315. The summed E-state index contributed by atoms with van der Waals surface area (Å²) in [5.41, 5.74) is 7.50. The van der Waals surface area contributed by atoms with E-state index in [1.165, 1.54) is 11.3 Å². The Morgan fingerprint density at radius 2 is 2.08 bits per heavy atom. The van der Waals surface area contributed by atoms with Gasteiger partial charge in [0.2, 0.25) is 0 Å². The molecule has 0 bridgehead atoms. The lowest BCUT2D eigenvalue weighted by Crippen LogP contribution is -2.00. The van der Waals surface area contributed by atoms with Crippen LogP contribution in [0.5, 0.6) is 0 Å². The van der Waals surface area contributed by atoms with Gasteiger partial charge in [-0.05, 0) is 19.4 Å². The summed E-state index contributed by atoms with van der Waals surface area (Å²) in [5.74, 6) is 0.148. The second-order valence-corrected chi connectivity index (χ2v) is 4.06. The lowest BCUT2D eigenvalue weighted by Gasteiger charge is -1.97. The highest BCUT2D eigenvalue weighted by atomic mass is 32.1. The average molecular weight is 183 g/mol. The molecule has 0 aliphatic carbocycles. The van der Waals surface area contributed by atoms with E-state index in [4.69, 9.17) is 5.73 Å². The van der Waals surface area contributed by atoms with Gasteiger partial charge < -0.3 is 5.73 Å². The molecular formula is C9H13NOS. The first kappa shape index (κ1) is 9.26. The Kier molecular flexibility index (Phi) is 2.52. The molecule has 2 nitrogen and oxygen atoms in total. The maximum absolute atomic E-state index is 11.4. The largest absolute Gasteiger partial charge is 0.390 e. The molecule has 12 heavy (non-hydrogen) atoms. The molecule has 0 spiro atoms. The van der Waals surface area contributed by atoms with Crippen LogP contribution in [0.2, 0.25) is 0 Å². The Morgan fingerprint density at radius 1 is 1.50 bits per heavy atom. The number of carbonyl (C=O) groups is 1. The first-order valence-electron chi connectivity index (χ1n) is 3.96. The Balaban J connectivity index is 3.22. The van der Waals surface area contributed by atoms with Gasteiger partial charge in [0.15, 0.2) is 5.78 Å². The normalized spacial score (nSPS) is 10.2. The molecule has 66 valence electrons. The van der Waals surface area contributed by atoms with Gasteiger partial charge in [-0.15, -0.1) is 11.3 Å². The SMILES string of the molecule is CCC(=O)c1c(N)sc(C)c1C. The number of rotatable bonds is 2. The van der Waals surface area contributed by atoms with E-state index < -0.39 is 0 Å². The zero-order valence-corrected chi connectivity index (χ0v) is 8.42. The minimum Gasteiger partial charge on any atom is -0.390 e. The van der Waals surface area contributed by atoms with Crippen molar-refractivity contribution >= 4 is 22.1 Å². The van der Waals surface area contributed by atoms with E-state index in [9.17, 15) is 4.79 Å². The molecule has 0 atom stereocenters. The van der Waals surface area contributed by atoms with Crippen LogP contribution in [0, 0.1) is 13.8 Å². The first-order chi connectivity index (χ1) is 5.57. The van der Waals surface area contributed by atoms with Crippen LogP contribution >= 0.6 is 11.3 Å². The van der Waals surface area contributed by atoms with Crippen molar-refractivity contribution in [3.63, 3.8) is 0 Å². The van der Waals surface area contributed by atoms with E-state index >= 15 is 0 Å². The number of aryl methyl sites for hydroxylation is 1. The molecule has 1 aromatic heterocycles. The van der Waals surface area contributed by atoms with Gasteiger partial charge in [-0.2, -0.15) is 0 Å². The van der Waals surface area contributed by atoms with E-state index in [0.29, 0.717) is 11.4 Å². The highest BCUT2D eigenvalue weighted by Gasteiger charge is 2.15. The number of hydrogen-bond acceptors (Lipinski definition) is 3. The highest BCUT2D eigenvalue weighted by Crippen LogP contribution is 2.30. The average Bonchev–Trinajstić information content (AvgIpc) is 2.26. The molecule has 1 rings (SSSR count). The standard InChI is InChI=1S/C9H13NOS/c1-4-7(11)8-5(2)6(3)12-9(8)10/h4,10H2,1-3H3. The summed E-state index contributed by atoms with van der Waals surface area (Å²) < 4.78 is 0. The summed E-state index contributed by atoms with van der Waals surface area (Å²) in [4.78, 5) is 12.5. The molecule has 0 unspecified atom stereocenters. The van der Waals surface area contributed by atoms with Crippen molar-refractivity contribution in [2.24, 2.45) is 0 Å². The maximum atomic E-state index is 11.4. The smallest absolute Gasteiger partial charge is 0.165 e. The van der Waals surface area contributed by atoms with Crippen molar-refractivity contribution in [1.29, 1.82) is 0 Å². The molecule has 0 aliphatic rings. The molecule has 0 amide bonds. The molecule has 0 fully saturated rings. The van der Waals surface area contributed by atoms with Crippen LogP contribution in [0.15, 0.2) is 0 Å². The Morgan fingerprint density at radius 3 is 2.42 bits per heavy atom. The van der Waals surface area contributed by atoms with E-state index in [-0.39, 0.29) is 5.78 Å². The number of Topliss-reactive ketones (excluding diaryl/α,β-unsaturated/α-hetero) is 1. The van der Waals surface area contributed by atoms with Gasteiger partial charge in [0.25, 0.3) is 0 Å². The first-order valence-corrected chi connectivity index (χ1v) is 4.78. The maximum Gasteiger partial charge on any atom is 0.165 e. The van der Waals surface area contributed by atoms with Gasteiger partial charge in [-0.25, -0.2) is 0 Å². The second kappa shape index (κ2) is 3.27. The summed E-state index contributed by atoms with van der Waals surface area (Å²) in [6, 6.07) is 0. The van der Waals surface area contributed by atoms with Gasteiger partial charge in [0.05, 0.1) is 10.6 Å². The summed E-state index contributed by atoms with van der Waals surface area (Å²) in [6.07, 6.45) is 0.529. The lowest BCUT2D eigenvalue weighted by molar-refractivity contribution is 0.0989. The minimum absolute atomic E-state index is 0.148. The fraction of sp³-hybridized carbons (Fsp3) is 0.444. The van der Waals surface area contributed by atoms with Gasteiger partial charge in [-0.1, -0.05) is 6.92 Å². The number of nitrogens with two attached hydrogens (primary N) is 1. The molecule has 0 saturated carbocycles. The van der Waals surface area contributed by atoms with Crippen LogP contribution in [-0.4, -0.2) is 5.78 Å². The third-order valence-corrected chi connectivity index (χ3v) is 3.05. The van der Waals surface area contributed by atoms with E-state index in [0.717, 1.165) is 16.0 Å².